The molecule has 0 aliphatic heterocycles. The lowest BCUT2D eigenvalue weighted by molar-refractivity contribution is -0.145. The first kappa shape index (κ1) is 16.9. The number of rotatable bonds is 11. The molecule has 0 amide bonds. The van der Waals surface area contributed by atoms with Gasteiger partial charge in [0.1, 0.15) is 0 Å². The third kappa shape index (κ3) is 11.3. The molecule has 0 saturated carbocycles. The molecular weight excluding hydrogens is 236 g/mol. The van der Waals surface area contributed by atoms with Gasteiger partial charge in [-0.05, 0) is 12.8 Å². The summed E-state index contributed by atoms with van der Waals surface area (Å²) in [5.74, 6) is 8.75. The van der Waals surface area contributed by atoms with Gasteiger partial charge in [-0.3, -0.25) is 9.59 Å². The monoisotopic (exact) mass is 260 g/mol. The summed E-state index contributed by atoms with van der Waals surface area (Å²) in [6.07, 6.45) is 9.04. The van der Waals surface area contributed by atoms with Gasteiger partial charge in [0, 0.05) is 12.8 Å². The molecule has 6 heteroatoms. The third-order valence-corrected chi connectivity index (χ3v) is 2.77. The maximum atomic E-state index is 10.7. The molecule has 0 saturated heterocycles. The number of carbonyl (C=O) groups excluding carboxylic acids is 2. The number of unbranched alkanes of at least 4 members (excludes halogenated alkanes) is 7. The largest absolute Gasteiger partial charge is 0.373 e. The van der Waals surface area contributed by atoms with E-state index in [-0.39, 0.29) is 11.9 Å². The van der Waals surface area contributed by atoms with Gasteiger partial charge < -0.3 is 9.68 Å². The van der Waals surface area contributed by atoms with Crippen molar-refractivity contribution in [3.63, 3.8) is 0 Å². The summed E-state index contributed by atoms with van der Waals surface area (Å²) in [7, 11) is 0. The first-order chi connectivity index (χ1) is 8.70. The minimum Gasteiger partial charge on any atom is -0.373 e. The minimum atomic E-state index is -0.346. The van der Waals surface area contributed by atoms with E-state index in [1.807, 2.05) is 0 Å². The molecule has 0 aliphatic carbocycles. The van der Waals surface area contributed by atoms with Gasteiger partial charge in [-0.1, -0.05) is 38.5 Å². The van der Waals surface area contributed by atoms with Crippen molar-refractivity contribution in [1.82, 2.24) is 0 Å². The van der Waals surface area contributed by atoms with E-state index >= 15 is 0 Å². The fraction of sp³-hybridized carbons (Fsp3) is 0.833. The lowest BCUT2D eigenvalue weighted by Gasteiger charge is -2.02. The molecule has 18 heavy (non-hydrogen) atoms. The van der Waals surface area contributed by atoms with E-state index in [0.29, 0.717) is 12.8 Å². The molecule has 0 unspecified atom stereocenters. The topological polar surface area (TPSA) is 105 Å². The van der Waals surface area contributed by atoms with E-state index in [2.05, 4.69) is 9.68 Å². The van der Waals surface area contributed by atoms with Crippen molar-refractivity contribution in [3.8, 4) is 0 Å². The second-order valence-electron chi connectivity index (χ2n) is 4.31. The lowest BCUT2D eigenvalue weighted by atomic mass is 10.1. The van der Waals surface area contributed by atoms with E-state index in [1.54, 1.807) is 0 Å². The van der Waals surface area contributed by atoms with Crippen molar-refractivity contribution < 1.29 is 19.3 Å². The fourth-order valence-electron chi connectivity index (χ4n) is 1.72. The zero-order valence-corrected chi connectivity index (χ0v) is 10.9. The predicted molar refractivity (Wildman–Crippen MR) is 66.7 cm³/mol. The maximum absolute atomic E-state index is 10.7. The van der Waals surface area contributed by atoms with Gasteiger partial charge >= 0.3 is 11.9 Å². The van der Waals surface area contributed by atoms with Crippen molar-refractivity contribution in [2.75, 3.05) is 0 Å². The van der Waals surface area contributed by atoms with E-state index in [4.69, 9.17) is 11.8 Å². The second-order valence-corrected chi connectivity index (χ2v) is 4.31. The third-order valence-electron chi connectivity index (χ3n) is 2.77. The van der Waals surface area contributed by atoms with Crippen LogP contribution in [0.5, 0.6) is 0 Å². The average Bonchev–Trinajstić information content (AvgIpc) is 2.40. The highest BCUT2D eigenvalue weighted by Gasteiger charge is 2.01. The highest BCUT2D eigenvalue weighted by molar-refractivity contribution is 5.69. The Kier molecular flexibility index (Phi) is 11.5. The molecule has 0 rings (SSSR count). The zero-order chi connectivity index (χ0) is 13.6. The average molecular weight is 260 g/mol. The predicted octanol–water partition coefficient (Wildman–Crippen LogP) is 1.72. The molecule has 106 valence electrons. The standard InChI is InChI=1S/C12H24N2O4/c13-17-11(15)9-7-5-3-1-2-4-6-8-10-12(16)18-14/h1-10,13-14H2. The highest BCUT2D eigenvalue weighted by Crippen LogP contribution is 2.10. The van der Waals surface area contributed by atoms with E-state index in [0.717, 1.165) is 51.4 Å². The quantitative estimate of drug-likeness (QED) is 0.433. The van der Waals surface area contributed by atoms with Crippen LogP contribution in [0.2, 0.25) is 0 Å². The van der Waals surface area contributed by atoms with Crippen molar-refractivity contribution in [2.45, 2.75) is 64.2 Å². The minimum absolute atomic E-state index is 0.346. The molecule has 0 fully saturated rings. The molecule has 0 atom stereocenters. The Balaban J connectivity index is 3.07. The Labute approximate surface area is 108 Å². The Hall–Kier alpha value is -1.14. The van der Waals surface area contributed by atoms with Crippen LogP contribution < -0.4 is 11.8 Å². The van der Waals surface area contributed by atoms with Crippen LogP contribution in [0.25, 0.3) is 0 Å². The molecule has 0 spiro atoms. The van der Waals surface area contributed by atoms with Crippen molar-refractivity contribution in [2.24, 2.45) is 11.8 Å². The van der Waals surface area contributed by atoms with E-state index in [1.165, 1.54) is 0 Å². The molecule has 0 aromatic carbocycles. The SMILES string of the molecule is NOC(=O)CCCCCCCCCCC(=O)ON. The van der Waals surface area contributed by atoms with Gasteiger partial charge in [-0.15, -0.1) is 0 Å². The van der Waals surface area contributed by atoms with Crippen LogP contribution in [0, 0.1) is 0 Å². The van der Waals surface area contributed by atoms with Crippen LogP contribution >= 0.6 is 0 Å². The van der Waals surface area contributed by atoms with Crippen LogP contribution in [0.4, 0.5) is 0 Å². The van der Waals surface area contributed by atoms with Gasteiger partial charge in [-0.2, -0.15) is 11.8 Å². The molecule has 0 bridgehead atoms. The molecule has 0 radical (unpaired) electrons. The number of carbonyl (C=O) groups is 2. The lowest BCUT2D eigenvalue weighted by Crippen LogP contribution is -2.09. The van der Waals surface area contributed by atoms with Crippen molar-refractivity contribution >= 4 is 11.9 Å². The van der Waals surface area contributed by atoms with Crippen LogP contribution in [0.15, 0.2) is 0 Å². The fourth-order valence-corrected chi connectivity index (χ4v) is 1.72. The number of hydrogen-bond donors (Lipinski definition) is 2. The molecule has 4 N–H and O–H groups in total. The summed E-state index contributed by atoms with van der Waals surface area (Å²) in [5.41, 5.74) is 0. The second kappa shape index (κ2) is 12.3. The molecular formula is C12H24N2O4. The Morgan fingerprint density at radius 3 is 1.17 bits per heavy atom. The summed E-state index contributed by atoms with van der Waals surface area (Å²) in [6.45, 7) is 0. The summed E-state index contributed by atoms with van der Waals surface area (Å²) in [5, 5.41) is 0. The Morgan fingerprint density at radius 2 is 0.889 bits per heavy atom. The Morgan fingerprint density at radius 1 is 0.611 bits per heavy atom. The van der Waals surface area contributed by atoms with Crippen LogP contribution in [-0.4, -0.2) is 11.9 Å². The van der Waals surface area contributed by atoms with Crippen LogP contribution in [-0.2, 0) is 19.3 Å². The van der Waals surface area contributed by atoms with Gasteiger partial charge in [0.05, 0.1) is 0 Å². The van der Waals surface area contributed by atoms with Crippen LogP contribution in [0.3, 0.4) is 0 Å². The van der Waals surface area contributed by atoms with Crippen molar-refractivity contribution in [1.29, 1.82) is 0 Å². The zero-order valence-electron chi connectivity index (χ0n) is 10.9. The highest BCUT2D eigenvalue weighted by atomic mass is 16.7. The van der Waals surface area contributed by atoms with Gasteiger partial charge in [0.25, 0.3) is 0 Å². The smallest absolute Gasteiger partial charge is 0.324 e. The normalized spacial score (nSPS) is 10.1. The van der Waals surface area contributed by atoms with Gasteiger partial charge in [0.2, 0.25) is 0 Å². The molecule has 0 heterocycles. The molecule has 6 nitrogen and oxygen atoms in total. The summed E-state index contributed by atoms with van der Waals surface area (Å²) in [4.78, 5) is 29.5. The van der Waals surface area contributed by atoms with E-state index in [9.17, 15) is 9.59 Å². The van der Waals surface area contributed by atoms with Crippen LogP contribution in [0.1, 0.15) is 64.2 Å². The van der Waals surface area contributed by atoms with E-state index < -0.39 is 0 Å². The van der Waals surface area contributed by atoms with Gasteiger partial charge in [0.15, 0.2) is 0 Å². The number of hydrogen-bond acceptors (Lipinski definition) is 6. The summed E-state index contributed by atoms with van der Waals surface area (Å²) in [6, 6.07) is 0. The van der Waals surface area contributed by atoms with Gasteiger partial charge in [-0.25, -0.2) is 0 Å². The number of nitrogens with two attached hydrogens (primary N) is 2. The first-order valence-corrected chi connectivity index (χ1v) is 6.50. The first-order valence-electron chi connectivity index (χ1n) is 6.50. The summed E-state index contributed by atoms with van der Waals surface area (Å²) < 4.78 is 0. The summed E-state index contributed by atoms with van der Waals surface area (Å²) >= 11 is 0. The maximum Gasteiger partial charge on any atom is 0.324 e. The molecule has 0 aliphatic rings. The molecule has 0 aromatic rings. The Bertz CT molecular complexity index is 210. The van der Waals surface area contributed by atoms with Crippen molar-refractivity contribution in [3.05, 3.63) is 0 Å². The molecule has 0 aromatic heterocycles.